The van der Waals surface area contributed by atoms with Crippen LogP contribution >= 0.6 is 0 Å². The molecule has 2 rings (SSSR count). The number of epoxide rings is 1. The largest absolute Gasteiger partial charge is 0.384 e. The van der Waals surface area contributed by atoms with Crippen LogP contribution in [0.5, 0.6) is 0 Å². The fourth-order valence-corrected chi connectivity index (χ4v) is 2.19. The lowest BCUT2D eigenvalue weighted by Gasteiger charge is -2.11. The van der Waals surface area contributed by atoms with Crippen LogP contribution in [0.3, 0.4) is 0 Å². The summed E-state index contributed by atoms with van der Waals surface area (Å²) in [6.07, 6.45) is 0. The van der Waals surface area contributed by atoms with Gasteiger partial charge in [0.25, 0.3) is 0 Å². The monoisotopic (exact) mass is 258 g/mol. The lowest BCUT2D eigenvalue weighted by Crippen LogP contribution is -2.37. The summed E-state index contributed by atoms with van der Waals surface area (Å²) in [5.74, 6) is 0.198. The third-order valence-corrected chi connectivity index (χ3v) is 3.52. The van der Waals surface area contributed by atoms with Gasteiger partial charge in [0.15, 0.2) is 0 Å². The number of nitriles is 1. The Morgan fingerprint density at radius 2 is 2.05 bits per heavy atom. The maximum Gasteiger partial charge on any atom is 0.245 e. The molecule has 0 radical (unpaired) electrons. The summed E-state index contributed by atoms with van der Waals surface area (Å²) in [5, 5.41) is 9.41. The van der Waals surface area contributed by atoms with E-state index in [4.69, 9.17) is 16.2 Å². The van der Waals surface area contributed by atoms with E-state index in [0.717, 1.165) is 11.1 Å². The summed E-state index contributed by atoms with van der Waals surface area (Å²) in [7, 11) is 0. The summed E-state index contributed by atoms with van der Waals surface area (Å²) in [6, 6.07) is 10.0. The second-order valence-corrected chi connectivity index (χ2v) is 4.85. The third-order valence-electron chi connectivity index (χ3n) is 3.52. The van der Waals surface area contributed by atoms with E-state index in [9.17, 15) is 5.26 Å². The van der Waals surface area contributed by atoms with Crippen LogP contribution in [0.25, 0.3) is 0 Å². The van der Waals surface area contributed by atoms with Gasteiger partial charge < -0.3 is 16.2 Å². The maximum absolute atomic E-state index is 9.41. The highest BCUT2D eigenvalue weighted by Crippen LogP contribution is 2.55. The summed E-state index contributed by atoms with van der Waals surface area (Å²) < 4.78 is 5.67. The van der Waals surface area contributed by atoms with Gasteiger partial charge in [0.05, 0.1) is 6.54 Å². The van der Waals surface area contributed by atoms with Gasteiger partial charge in [-0.05, 0) is 19.4 Å². The lowest BCUT2D eigenvalue weighted by atomic mass is 9.87. The van der Waals surface area contributed by atoms with Gasteiger partial charge in [0, 0.05) is 6.54 Å². The summed E-state index contributed by atoms with van der Waals surface area (Å²) in [6.45, 7) is 4.65. The van der Waals surface area contributed by atoms with E-state index in [0.29, 0.717) is 13.1 Å². The van der Waals surface area contributed by atoms with Crippen LogP contribution in [-0.4, -0.2) is 24.5 Å². The number of amidine groups is 1. The van der Waals surface area contributed by atoms with E-state index in [1.165, 1.54) is 0 Å². The molecule has 1 aromatic rings. The average Bonchev–Trinajstić information content (AvgIpc) is 3.05. The Hall–Kier alpha value is -1.90. The molecule has 5 heteroatoms. The predicted molar refractivity (Wildman–Crippen MR) is 73.5 cm³/mol. The van der Waals surface area contributed by atoms with Crippen molar-refractivity contribution in [1.29, 1.82) is 5.26 Å². The van der Waals surface area contributed by atoms with Crippen molar-refractivity contribution in [2.75, 3.05) is 13.1 Å². The molecule has 19 heavy (non-hydrogen) atoms. The first-order valence-electron chi connectivity index (χ1n) is 6.19. The smallest absolute Gasteiger partial charge is 0.245 e. The highest BCUT2D eigenvalue weighted by molar-refractivity contribution is 5.96. The second-order valence-electron chi connectivity index (χ2n) is 4.85. The highest BCUT2D eigenvalue weighted by atomic mass is 16.6. The van der Waals surface area contributed by atoms with E-state index < -0.39 is 11.2 Å². The quantitative estimate of drug-likeness (QED) is 0.474. The van der Waals surface area contributed by atoms with Crippen LogP contribution in [0, 0.1) is 18.3 Å². The zero-order chi connectivity index (χ0) is 14.1. The molecule has 2 atom stereocenters. The first kappa shape index (κ1) is 13.5. The Bertz CT molecular complexity index is 546. The fraction of sp³-hybridized carbons (Fsp3) is 0.429. The Morgan fingerprint density at radius 1 is 1.42 bits per heavy atom. The molecular formula is C14H18N4O. The molecule has 1 saturated heterocycles. The van der Waals surface area contributed by atoms with E-state index in [-0.39, 0.29) is 5.84 Å². The van der Waals surface area contributed by atoms with Gasteiger partial charge >= 0.3 is 0 Å². The number of aliphatic imine (C=N–C) groups is 1. The number of hydrogen-bond donors (Lipinski definition) is 2. The van der Waals surface area contributed by atoms with E-state index in [2.05, 4.69) is 11.1 Å². The minimum Gasteiger partial charge on any atom is -0.384 e. The molecule has 0 saturated carbocycles. The summed E-state index contributed by atoms with van der Waals surface area (Å²) >= 11 is 0. The minimum atomic E-state index is -1.17. The molecule has 1 aromatic carbocycles. The predicted octanol–water partition coefficient (Wildman–Crippen LogP) is 0.819. The van der Waals surface area contributed by atoms with Crippen molar-refractivity contribution in [2.24, 2.45) is 16.5 Å². The van der Waals surface area contributed by atoms with Crippen molar-refractivity contribution in [2.45, 2.75) is 25.0 Å². The van der Waals surface area contributed by atoms with Crippen LogP contribution in [0.1, 0.15) is 18.1 Å². The molecule has 1 aliphatic heterocycles. The first-order valence-corrected chi connectivity index (χ1v) is 6.19. The second kappa shape index (κ2) is 4.65. The number of rotatable bonds is 4. The van der Waals surface area contributed by atoms with Gasteiger partial charge in [-0.1, -0.05) is 29.8 Å². The highest BCUT2D eigenvalue weighted by Gasteiger charge is 2.72. The molecule has 1 fully saturated rings. The molecule has 1 heterocycles. The van der Waals surface area contributed by atoms with Crippen molar-refractivity contribution < 1.29 is 4.74 Å². The van der Waals surface area contributed by atoms with Gasteiger partial charge in [-0.3, -0.25) is 4.99 Å². The molecule has 1 aliphatic rings. The van der Waals surface area contributed by atoms with Crippen molar-refractivity contribution in [3.05, 3.63) is 35.4 Å². The van der Waals surface area contributed by atoms with Gasteiger partial charge in [-0.2, -0.15) is 5.26 Å². The molecular weight excluding hydrogens is 240 g/mol. The maximum atomic E-state index is 9.41. The van der Waals surface area contributed by atoms with Crippen LogP contribution in [-0.2, 0) is 10.3 Å². The Kier molecular flexibility index (Phi) is 3.31. The number of ether oxygens (including phenoxy) is 1. The van der Waals surface area contributed by atoms with Crippen LogP contribution < -0.4 is 11.5 Å². The molecule has 0 bridgehead atoms. The number of nitrogens with zero attached hydrogens (tertiary/aromatic N) is 2. The van der Waals surface area contributed by atoms with Crippen LogP contribution in [0.4, 0.5) is 0 Å². The Morgan fingerprint density at radius 3 is 2.58 bits per heavy atom. The van der Waals surface area contributed by atoms with Crippen molar-refractivity contribution in [3.8, 4) is 6.07 Å². The first-order chi connectivity index (χ1) is 9.00. The van der Waals surface area contributed by atoms with Crippen LogP contribution in [0.2, 0.25) is 0 Å². The number of nitrogens with two attached hydrogens (primary N) is 2. The van der Waals surface area contributed by atoms with Crippen molar-refractivity contribution in [1.82, 2.24) is 0 Å². The molecule has 0 aromatic heterocycles. The SMILES string of the molecule is Cc1ccc([C@@]2(C)O[C@@]2(C#N)C(N)=NCCN)cc1. The zero-order valence-corrected chi connectivity index (χ0v) is 11.2. The number of aryl methyl sites for hydroxylation is 1. The Balaban J connectivity index is 2.33. The topological polar surface area (TPSA) is 101 Å². The normalized spacial score (nSPS) is 29.9. The molecule has 5 nitrogen and oxygen atoms in total. The van der Waals surface area contributed by atoms with Gasteiger partial charge in [0.1, 0.15) is 17.5 Å². The van der Waals surface area contributed by atoms with Crippen molar-refractivity contribution in [3.63, 3.8) is 0 Å². The molecule has 0 spiro atoms. The molecule has 0 aliphatic carbocycles. The van der Waals surface area contributed by atoms with E-state index >= 15 is 0 Å². The fourth-order valence-electron chi connectivity index (χ4n) is 2.19. The third kappa shape index (κ3) is 1.99. The number of hydrogen-bond acceptors (Lipinski definition) is 4. The van der Waals surface area contributed by atoms with E-state index in [1.807, 2.05) is 38.1 Å². The molecule has 0 unspecified atom stereocenters. The van der Waals surface area contributed by atoms with Gasteiger partial charge in [0.2, 0.25) is 5.60 Å². The van der Waals surface area contributed by atoms with Gasteiger partial charge in [-0.15, -0.1) is 0 Å². The van der Waals surface area contributed by atoms with Gasteiger partial charge in [-0.25, -0.2) is 0 Å². The molecule has 100 valence electrons. The molecule has 4 N–H and O–H groups in total. The van der Waals surface area contributed by atoms with Crippen molar-refractivity contribution >= 4 is 5.84 Å². The van der Waals surface area contributed by atoms with Crippen LogP contribution in [0.15, 0.2) is 29.3 Å². The summed E-state index contributed by atoms with van der Waals surface area (Å²) in [4.78, 5) is 4.11. The lowest BCUT2D eigenvalue weighted by molar-refractivity contribution is 0.311. The van der Waals surface area contributed by atoms with E-state index in [1.54, 1.807) is 0 Å². The molecule has 0 amide bonds. The number of benzene rings is 1. The summed E-state index contributed by atoms with van der Waals surface area (Å²) in [5.41, 5.74) is 11.5. The Labute approximate surface area is 112 Å². The standard InChI is InChI=1S/C14H18N4O/c1-10-3-5-11(6-4-10)13(2)14(9-16,19-13)12(17)18-8-7-15/h3-6H,7-8,15H2,1-2H3,(H2,17,18)/t13-,14+/m1/s1. The minimum absolute atomic E-state index is 0.198. The average molecular weight is 258 g/mol. The zero-order valence-electron chi connectivity index (χ0n) is 11.2.